The molecule has 1 heterocycles. The fourth-order valence-corrected chi connectivity index (χ4v) is 1.53. The minimum absolute atomic E-state index is 0.0634. The molecule has 2 aromatic rings. The van der Waals surface area contributed by atoms with Crippen LogP contribution in [-0.2, 0) is 11.3 Å². The third kappa shape index (κ3) is 3.28. The Morgan fingerprint density at radius 2 is 1.95 bits per heavy atom. The number of esters is 1. The van der Waals surface area contributed by atoms with Crippen LogP contribution in [0, 0.1) is 12.9 Å². The summed E-state index contributed by atoms with van der Waals surface area (Å²) < 4.78 is 17.8. The zero-order chi connectivity index (χ0) is 13.8. The van der Waals surface area contributed by atoms with Crippen LogP contribution in [0.1, 0.15) is 21.5 Å². The van der Waals surface area contributed by atoms with Crippen LogP contribution in [0.15, 0.2) is 36.4 Å². The highest BCUT2D eigenvalue weighted by Crippen LogP contribution is 2.12. The van der Waals surface area contributed by atoms with Crippen LogP contribution in [0.25, 0.3) is 0 Å². The number of halogens is 1. The summed E-state index contributed by atoms with van der Waals surface area (Å²) >= 11 is 0. The van der Waals surface area contributed by atoms with Gasteiger partial charge in [0, 0.05) is 0 Å². The van der Waals surface area contributed by atoms with Crippen molar-refractivity contribution in [1.29, 1.82) is 0 Å². The van der Waals surface area contributed by atoms with Crippen molar-refractivity contribution in [3.05, 3.63) is 59.0 Å². The van der Waals surface area contributed by atoms with Gasteiger partial charge in [-0.3, -0.25) is 0 Å². The van der Waals surface area contributed by atoms with Crippen LogP contribution in [0.2, 0.25) is 0 Å². The lowest BCUT2D eigenvalue weighted by molar-refractivity contribution is 0.0473. The monoisotopic (exact) mass is 260 g/mol. The average Bonchev–Trinajstić information content (AvgIpc) is 2.37. The molecule has 0 unspecified atom stereocenters. The molecular weight excluding hydrogens is 247 g/mol. The summed E-state index contributed by atoms with van der Waals surface area (Å²) in [5, 5.41) is 0. The van der Waals surface area contributed by atoms with Crippen LogP contribution < -0.4 is 5.73 Å². The number of carbonyl (C=O) groups is 1. The minimum Gasteiger partial charge on any atom is -0.457 e. The number of nitrogen functional groups attached to an aromatic ring is 1. The zero-order valence-corrected chi connectivity index (χ0v) is 10.4. The summed E-state index contributed by atoms with van der Waals surface area (Å²) in [6.07, 6.45) is 0. The van der Waals surface area contributed by atoms with E-state index in [1.807, 2.05) is 31.2 Å². The van der Waals surface area contributed by atoms with Crippen LogP contribution in [-0.4, -0.2) is 11.0 Å². The van der Waals surface area contributed by atoms with Gasteiger partial charge in [-0.05, 0) is 24.6 Å². The number of pyridine rings is 1. The third-order valence-corrected chi connectivity index (χ3v) is 2.60. The van der Waals surface area contributed by atoms with E-state index in [-0.39, 0.29) is 18.0 Å². The summed E-state index contributed by atoms with van der Waals surface area (Å²) in [7, 11) is 0. The maximum absolute atomic E-state index is 12.8. The largest absolute Gasteiger partial charge is 0.457 e. The number of carbonyl (C=O) groups excluding carboxylic acids is 1. The van der Waals surface area contributed by atoms with E-state index in [2.05, 4.69) is 4.98 Å². The molecular formula is C14H13FN2O2. The molecule has 5 heteroatoms. The molecule has 0 saturated heterocycles. The fourth-order valence-electron chi connectivity index (χ4n) is 1.53. The average molecular weight is 260 g/mol. The summed E-state index contributed by atoms with van der Waals surface area (Å²) in [5.74, 6) is -1.52. The number of nitrogens with zero attached hydrogens (tertiary/aromatic N) is 1. The molecule has 0 spiro atoms. The molecule has 98 valence electrons. The normalized spacial score (nSPS) is 10.2. The first-order valence-electron chi connectivity index (χ1n) is 5.71. The molecule has 1 aromatic heterocycles. The molecule has 2 N–H and O–H groups in total. The van der Waals surface area contributed by atoms with Crippen molar-refractivity contribution in [1.82, 2.24) is 4.98 Å². The number of anilines is 1. The van der Waals surface area contributed by atoms with Crippen molar-refractivity contribution in [2.24, 2.45) is 0 Å². The van der Waals surface area contributed by atoms with Gasteiger partial charge in [0.1, 0.15) is 18.0 Å². The molecule has 1 aromatic carbocycles. The van der Waals surface area contributed by atoms with E-state index in [4.69, 9.17) is 10.5 Å². The SMILES string of the molecule is Cc1ccc(COC(=O)c2ccc(F)nc2N)cc1. The molecule has 0 amide bonds. The van der Waals surface area contributed by atoms with Crippen molar-refractivity contribution in [3.63, 3.8) is 0 Å². The van der Waals surface area contributed by atoms with Gasteiger partial charge < -0.3 is 10.5 Å². The summed E-state index contributed by atoms with van der Waals surface area (Å²) in [6.45, 7) is 2.11. The highest BCUT2D eigenvalue weighted by molar-refractivity contribution is 5.93. The third-order valence-electron chi connectivity index (χ3n) is 2.60. The fraction of sp³-hybridized carbons (Fsp3) is 0.143. The number of hydrogen-bond donors (Lipinski definition) is 1. The molecule has 0 aliphatic carbocycles. The number of ether oxygens (including phenoxy) is 1. The first-order valence-corrected chi connectivity index (χ1v) is 5.71. The van der Waals surface area contributed by atoms with E-state index < -0.39 is 11.9 Å². The molecule has 0 aliphatic heterocycles. The van der Waals surface area contributed by atoms with E-state index in [1.54, 1.807) is 0 Å². The molecule has 19 heavy (non-hydrogen) atoms. The van der Waals surface area contributed by atoms with E-state index in [1.165, 1.54) is 6.07 Å². The Balaban J connectivity index is 2.03. The second-order valence-electron chi connectivity index (χ2n) is 4.13. The number of nitrogens with two attached hydrogens (primary N) is 1. The Hall–Kier alpha value is -2.43. The van der Waals surface area contributed by atoms with Gasteiger partial charge in [-0.2, -0.15) is 4.39 Å². The Morgan fingerprint density at radius 3 is 2.58 bits per heavy atom. The van der Waals surface area contributed by atoms with E-state index in [0.29, 0.717) is 0 Å². The van der Waals surface area contributed by atoms with Gasteiger partial charge >= 0.3 is 5.97 Å². The second-order valence-corrected chi connectivity index (χ2v) is 4.13. The molecule has 4 nitrogen and oxygen atoms in total. The quantitative estimate of drug-likeness (QED) is 0.680. The predicted octanol–water partition coefficient (Wildman–Crippen LogP) is 2.47. The van der Waals surface area contributed by atoms with Gasteiger partial charge in [-0.15, -0.1) is 0 Å². The lowest BCUT2D eigenvalue weighted by Crippen LogP contribution is -2.10. The molecule has 0 fully saturated rings. The van der Waals surface area contributed by atoms with Crippen molar-refractivity contribution < 1.29 is 13.9 Å². The number of aryl methyl sites for hydroxylation is 1. The highest BCUT2D eigenvalue weighted by atomic mass is 19.1. The Labute approximate surface area is 110 Å². The van der Waals surface area contributed by atoms with Gasteiger partial charge in [0.2, 0.25) is 5.95 Å². The number of benzene rings is 1. The van der Waals surface area contributed by atoms with Gasteiger partial charge in [-0.1, -0.05) is 29.8 Å². The maximum Gasteiger partial charge on any atom is 0.342 e. The smallest absolute Gasteiger partial charge is 0.342 e. The molecule has 0 bridgehead atoms. The van der Waals surface area contributed by atoms with Crippen LogP contribution in [0.3, 0.4) is 0 Å². The van der Waals surface area contributed by atoms with Crippen LogP contribution in [0.4, 0.5) is 10.2 Å². The zero-order valence-electron chi connectivity index (χ0n) is 10.4. The standard InChI is InChI=1S/C14H13FN2O2/c1-9-2-4-10(5-3-9)8-19-14(18)11-6-7-12(15)17-13(11)16/h2-7H,8H2,1H3,(H2,16,17). The lowest BCUT2D eigenvalue weighted by atomic mass is 10.2. The summed E-state index contributed by atoms with van der Waals surface area (Å²) in [5.41, 5.74) is 7.52. The van der Waals surface area contributed by atoms with Gasteiger partial charge in [0.25, 0.3) is 0 Å². The van der Waals surface area contributed by atoms with E-state index in [9.17, 15) is 9.18 Å². The Morgan fingerprint density at radius 1 is 1.26 bits per heavy atom. The van der Waals surface area contributed by atoms with Crippen molar-refractivity contribution >= 4 is 11.8 Å². The molecule has 0 saturated carbocycles. The van der Waals surface area contributed by atoms with Gasteiger partial charge in [0.05, 0.1) is 0 Å². The molecule has 0 aliphatic rings. The molecule has 0 radical (unpaired) electrons. The lowest BCUT2D eigenvalue weighted by Gasteiger charge is -2.06. The van der Waals surface area contributed by atoms with Crippen molar-refractivity contribution in [2.75, 3.05) is 5.73 Å². The topological polar surface area (TPSA) is 65.2 Å². The maximum atomic E-state index is 12.8. The van der Waals surface area contributed by atoms with Gasteiger partial charge in [0.15, 0.2) is 0 Å². The summed E-state index contributed by atoms with van der Waals surface area (Å²) in [6, 6.07) is 9.92. The van der Waals surface area contributed by atoms with Crippen LogP contribution in [0.5, 0.6) is 0 Å². The number of aromatic nitrogens is 1. The van der Waals surface area contributed by atoms with Crippen LogP contribution >= 0.6 is 0 Å². The van der Waals surface area contributed by atoms with Crippen molar-refractivity contribution in [2.45, 2.75) is 13.5 Å². The highest BCUT2D eigenvalue weighted by Gasteiger charge is 2.13. The van der Waals surface area contributed by atoms with E-state index in [0.717, 1.165) is 17.2 Å². The van der Waals surface area contributed by atoms with E-state index >= 15 is 0 Å². The first-order chi connectivity index (χ1) is 9.06. The first kappa shape index (κ1) is 13.0. The molecule has 2 rings (SSSR count). The predicted molar refractivity (Wildman–Crippen MR) is 68.9 cm³/mol. The Kier molecular flexibility index (Phi) is 3.75. The molecule has 0 atom stereocenters. The Bertz CT molecular complexity index is 597. The minimum atomic E-state index is -0.729. The summed E-state index contributed by atoms with van der Waals surface area (Å²) in [4.78, 5) is 15.1. The number of hydrogen-bond acceptors (Lipinski definition) is 4. The van der Waals surface area contributed by atoms with Crippen molar-refractivity contribution in [3.8, 4) is 0 Å². The second kappa shape index (κ2) is 5.48. The van der Waals surface area contributed by atoms with Gasteiger partial charge in [-0.25, -0.2) is 9.78 Å². The number of rotatable bonds is 3.